The van der Waals surface area contributed by atoms with Gasteiger partial charge in [-0.15, -0.1) is 0 Å². The molecule has 0 saturated heterocycles. The lowest BCUT2D eigenvalue weighted by Gasteiger charge is -2.15. The van der Waals surface area contributed by atoms with Gasteiger partial charge in [0.15, 0.2) is 11.5 Å². The van der Waals surface area contributed by atoms with Crippen LogP contribution < -0.4 is 14.8 Å². The van der Waals surface area contributed by atoms with E-state index in [0.29, 0.717) is 5.25 Å². The van der Waals surface area contributed by atoms with Crippen LogP contribution in [0.5, 0.6) is 11.5 Å². The van der Waals surface area contributed by atoms with Crippen molar-refractivity contribution in [1.82, 2.24) is 5.32 Å². The Morgan fingerprint density at radius 2 is 1.95 bits per heavy atom. The summed E-state index contributed by atoms with van der Waals surface area (Å²) in [4.78, 5) is 0. The molecule has 0 aliphatic carbocycles. The lowest BCUT2D eigenvalue weighted by Crippen LogP contribution is -2.22. The lowest BCUT2D eigenvalue weighted by molar-refractivity contribution is 0.230. The van der Waals surface area contributed by atoms with Gasteiger partial charge in [0, 0.05) is 18.3 Å². The molecule has 1 N–H and O–H groups in total. The quantitative estimate of drug-likeness (QED) is 0.793. The number of hydrogen-bond donors (Lipinski definition) is 1. The van der Waals surface area contributed by atoms with E-state index in [9.17, 15) is 0 Å². The Bertz CT molecular complexity index is 382. The third kappa shape index (κ3) is 5.74. The Morgan fingerprint density at radius 3 is 2.53 bits per heavy atom. The molecule has 1 rings (SSSR count). The third-order valence-electron chi connectivity index (χ3n) is 2.75. The van der Waals surface area contributed by atoms with Crippen molar-refractivity contribution in [2.45, 2.75) is 38.7 Å². The van der Waals surface area contributed by atoms with Gasteiger partial charge in [0.25, 0.3) is 0 Å². The van der Waals surface area contributed by atoms with Crippen LogP contribution in [-0.2, 0) is 6.54 Å². The minimum atomic E-state index is 0.153. The number of thioether (sulfide) groups is 1. The molecular formula is C15H25NO2S. The number of benzene rings is 1. The van der Waals surface area contributed by atoms with E-state index in [4.69, 9.17) is 9.47 Å². The fraction of sp³-hybridized carbons (Fsp3) is 0.600. The molecule has 1 atom stereocenters. The van der Waals surface area contributed by atoms with E-state index >= 15 is 0 Å². The number of hydrogen-bond acceptors (Lipinski definition) is 4. The molecule has 0 aliphatic rings. The van der Waals surface area contributed by atoms with Crippen molar-refractivity contribution in [3.8, 4) is 11.5 Å². The summed E-state index contributed by atoms with van der Waals surface area (Å²) in [7, 11) is 1.68. The summed E-state index contributed by atoms with van der Waals surface area (Å²) in [5, 5.41) is 4.08. The molecule has 0 bridgehead atoms. The molecule has 1 unspecified atom stereocenters. The van der Waals surface area contributed by atoms with Crippen molar-refractivity contribution in [2.75, 3.05) is 19.9 Å². The predicted molar refractivity (Wildman–Crippen MR) is 83.4 cm³/mol. The van der Waals surface area contributed by atoms with Gasteiger partial charge in [0.05, 0.1) is 13.2 Å². The summed E-state index contributed by atoms with van der Waals surface area (Å²) in [6.45, 7) is 8.10. The largest absolute Gasteiger partial charge is 0.493 e. The minimum absolute atomic E-state index is 0.153. The van der Waals surface area contributed by atoms with Crippen molar-refractivity contribution in [2.24, 2.45) is 0 Å². The summed E-state index contributed by atoms with van der Waals surface area (Å²) >= 11 is 1.87. The highest BCUT2D eigenvalue weighted by molar-refractivity contribution is 7.99. The highest BCUT2D eigenvalue weighted by Gasteiger charge is 2.07. The summed E-state index contributed by atoms with van der Waals surface area (Å²) < 4.78 is 11.1. The fourth-order valence-corrected chi connectivity index (χ4v) is 1.96. The molecule has 4 heteroatoms. The van der Waals surface area contributed by atoms with Gasteiger partial charge >= 0.3 is 0 Å². The van der Waals surface area contributed by atoms with Crippen LogP contribution in [0.15, 0.2) is 18.2 Å². The lowest BCUT2D eigenvalue weighted by atomic mass is 10.2. The van der Waals surface area contributed by atoms with Crippen molar-refractivity contribution in [1.29, 1.82) is 0 Å². The van der Waals surface area contributed by atoms with Crippen LogP contribution in [0.25, 0.3) is 0 Å². The molecule has 0 spiro atoms. The van der Waals surface area contributed by atoms with Crippen LogP contribution in [-0.4, -0.2) is 31.3 Å². The first-order valence-corrected chi connectivity index (χ1v) is 7.92. The third-order valence-corrected chi connectivity index (χ3v) is 3.73. The second-order valence-corrected chi connectivity index (χ2v) is 6.11. The standard InChI is InChI=1S/C15H25NO2S/c1-11(2)18-14-7-6-13(8-15(14)17-4)10-16-9-12(3)19-5/h6-8,11-12,16H,9-10H2,1-5H3. The van der Waals surface area contributed by atoms with Gasteiger partial charge in [-0.2, -0.15) is 11.8 Å². The molecule has 3 nitrogen and oxygen atoms in total. The molecule has 0 amide bonds. The van der Waals surface area contributed by atoms with E-state index in [1.165, 1.54) is 5.56 Å². The average Bonchev–Trinajstić information content (AvgIpc) is 2.39. The van der Waals surface area contributed by atoms with Crippen LogP contribution in [0, 0.1) is 0 Å². The maximum Gasteiger partial charge on any atom is 0.161 e. The number of methoxy groups -OCH3 is 1. The molecule has 0 heterocycles. The van der Waals surface area contributed by atoms with Crippen LogP contribution in [0.2, 0.25) is 0 Å². The zero-order valence-electron chi connectivity index (χ0n) is 12.5. The highest BCUT2D eigenvalue weighted by atomic mass is 32.2. The second kappa shape index (κ2) is 8.33. The number of nitrogens with one attached hydrogen (secondary N) is 1. The first-order chi connectivity index (χ1) is 9.06. The van der Waals surface area contributed by atoms with E-state index < -0.39 is 0 Å². The zero-order chi connectivity index (χ0) is 14.3. The molecule has 0 radical (unpaired) electrons. The van der Waals surface area contributed by atoms with Gasteiger partial charge in [0.1, 0.15) is 0 Å². The number of ether oxygens (including phenoxy) is 2. The average molecular weight is 283 g/mol. The van der Waals surface area contributed by atoms with E-state index in [1.54, 1.807) is 7.11 Å². The maximum atomic E-state index is 5.70. The normalized spacial score (nSPS) is 12.5. The Balaban J connectivity index is 2.61. The topological polar surface area (TPSA) is 30.5 Å². The fourth-order valence-electron chi connectivity index (χ4n) is 1.68. The number of rotatable bonds is 8. The van der Waals surface area contributed by atoms with E-state index in [2.05, 4.69) is 24.6 Å². The molecule has 0 saturated carbocycles. The second-order valence-electron chi connectivity index (χ2n) is 4.83. The van der Waals surface area contributed by atoms with Gasteiger partial charge in [-0.05, 0) is 37.8 Å². The molecule has 1 aromatic rings. The van der Waals surface area contributed by atoms with Gasteiger partial charge in [-0.3, -0.25) is 0 Å². The maximum absolute atomic E-state index is 5.70. The minimum Gasteiger partial charge on any atom is -0.493 e. The van der Waals surface area contributed by atoms with Gasteiger partial charge in [0.2, 0.25) is 0 Å². The van der Waals surface area contributed by atoms with Crippen LogP contribution in [0.1, 0.15) is 26.3 Å². The van der Waals surface area contributed by atoms with Crippen LogP contribution >= 0.6 is 11.8 Å². The summed E-state index contributed by atoms with van der Waals surface area (Å²) in [5.74, 6) is 1.60. The van der Waals surface area contributed by atoms with Crippen LogP contribution in [0.4, 0.5) is 0 Å². The zero-order valence-corrected chi connectivity index (χ0v) is 13.3. The van der Waals surface area contributed by atoms with E-state index in [1.807, 2.05) is 37.7 Å². The Labute approximate surface area is 121 Å². The van der Waals surface area contributed by atoms with Crippen molar-refractivity contribution < 1.29 is 9.47 Å². The molecule has 1 aromatic carbocycles. The Hall–Kier alpha value is -0.870. The SMILES string of the molecule is COc1cc(CNCC(C)SC)ccc1OC(C)C. The Morgan fingerprint density at radius 1 is 1.21 bits per heavy atom. The van der Waals surface area contributed by atoms with E-state index in [-0.39, 0.29) is 6.10 Å². The molecule has 19 heavy (non-hydrogen) atoms. The molecule has 108 valence electrons. The summed E-state index contributed by atoms with van der Waals surface area (Å²) in [5.41, 5.74) is 1.21. The van der Waals surface area contributed by atoms with Crippen LogP contribution in [0.3, 0.4) is 0 Å². The molecular weight excluding hydrogens is 258 g/mol. The molecule has 0 aromatic heterocycles. The van der Waals surface area contributed by atoms with E-state index in [0.717, 1.165) is 24.6 Å². The van der Waals surface area contributed by atoms with Crippen molar-refractivity contribution >= 4 is 11.8 Å². The first kappa shape index (κ1) is 16.2. The first-order valence-electron chi connectivity index (χ1n) is 6.64. The predicted octanol–water partition coefficient (Wildman–Crippen LogP) is 3.32. The summed E-state index contributed by atoms with van der Waals surface area (Å²) in [6.07, 6.45) is 2.29. The summed E-state index contributed by atoms with van der Waals surface area (Å²) in [6, 6.07) is 6.10. The molecule has 0 fully saturated rings. The van der Waals surface area contributed by atoms with Gasteiger partial charge in [-0.25, -0.2) is 0 Å². The van der Waals surface area contributed by atoms with Gasteiger partial charge in [-0.1, -0.05) is 13.0 Å². The Kier molecular flexibility index (Phi) is 7.10. The smallest absolute Gasteiger partial charge is 0.161 e. The van der Waals surface area contributed by atoms with Crippen molar-refractivity contribution in [3.05, 3.63) is 23.8 Å². The van der Waals surface area contributed by atoms with Gasteiger partial charge < -0.3 is 14.8 Å². The van der Waals surface area contributed by atoms with Crippen molar-refractivity contribution in [3.63, 3.8) is 0 Å². The highest BCUT2D eigenvalue weighted by Crippen LogP contribution is 2.28. The monoisotopic (exact) mass is 283 g/mol. The molecule has 0 aliphatic heterocycles.